The molecule has 1 aromatic heterocycles. The van der Waals surface area contributed by atoms with Gasteiger partial charge in [-0.25, -0.2) is 0 Å². The first-order valence-electron chi connectivity index (χ1n) is 5.51. The van der Waals surface area contributed by atoms with Gasteiger partial charge in [0.1, 0.15) is 12.0 Å². The Labute approximate surface area is 107 Å². The predicted molar refractivity (Wildman–Crippen MR) is 64.8 cm³/mol. The third kappa shape index (κ3) is 2.81. The Bertz CT molecular complexity index is 603. The molecule has 19 heavy (non-hydrogen) atoms. The van der Waals surface area contributed by atoms with Gasteiger partial charge in [-0.2, -0.15) is 13.2 Å². The second-order valence-corrected chi connectivity index (χ2v) is 4.12. The predicted octanol–water partition coefficient (Wildman–Crippen LogP) is 3.89. The summed E-state index contributed by atoms with van der Waals surface area (Å²) in [6, 6.07) is 7.39. The molecular weight excluding hydrogens is 255 g/mol. The van der Waals surface area contributed by atoms with Gasteiger partial charge in [0.05, 0.1) is 0 Å². The molecule has 2 rings (SSSR count). The smallest absolute Gasteiger partial charge is 0.298 e. The van der Waals surface area contributed by atoms with Gasteiger partial charge < -0.3 is 0 Å². The van der Waals surface area contributed by atoms with Crippen molar-refractivity contribution in [1.29, 1.82) is 0 Å². The van der Waals surface area contributed by atoms with Crippen LogP contribution in [0.2, 0.25) is 0 Å². The molecule has 0 aliphatic heterocycles. The van der Waals surface area contributed by atoms with E-state index in [4.69, 9.17) is 0 Å². The number of pyridine rings is 1. The van der Waals surface area contributed by atoms with Crippen molar-refractivity contribution in [2.24, 2.45) is 0 Å². The minimum absolute atomic E-state index is 0.511. The van der Waals surface area contributed by atoms with Crippen LogP contribution in [-0.4, -0.2) is 11.3 Å². The monoisotopic (exact) mass is 265 g/mol. The second-order valence-electron chi connectivity index (χ2n) is 4.12. The lowest BCUT2D eigenvalue weighted by molar-refractivity contribution is -0.141. The summed E-state index contributed by atoms with van der Waals surface area (Å²) in [5.74, 6) is 0. The Morgan fingerprint density at radius 3 is 2.32 bits per heavy atom. The van der Waals surface area contributed by atoms with Crippen LogP contribution in [0.3, 0.4) is 0 Å². The Hall–Kier alpha value is -2.17. The highest BCUT2D eigenvalue weighted by Gasteiger charge is 2.32. The average molecular weight is 265 g/mol. The lowest BCUT2D eigenvalue weighted by atomic mass is 10.0. The number of rotatable bonds is 2. The Kier molecular flexibility index (Phi) is 3.38. The molecule has 0 saturated heterocycles. The maximum atomic E-state index is 12.4. The highest BCUT2D eigenvalue weighted by molar-refractivity contribution is 5.80. The number of aryl methyl sites for hydroxylation is 1. The van der Waals surface area contributed by atoms with Crippen molar-refractivity contribution >= 4 is 6.29 Å². The third-order valence-corrected chi connectivity index (χ3v) is 2.79. The Morgan fingerprint density at radius 2 is 1.79 bits per heavy atom. The summed E-state index contributed by atoms with van der Waals surface area (Å²) in [4.78, 5) is 14.2. The molecule has 1 heterocycles. The molecular formula is C14H10F3NO. The Morgan fingerprint density at radius 1 is 1.11 bits per heavy atom. The summed E-state index contributed by atoms with van der Waals surface area (Å²) in [6.45, 7) is 1.79. The molecule has 0 saturated carbocycles. The lowest BCUT2D eigenvalue weighted by Gasteiger charge is -2.07. The van der Waals surface area contributed by atoms with E-state index < -0.39 is 11.9 Å². The van der Waals surface area contributed by atoms with Crippen LogP contribution >= 0.6 is 0 Å². The van der Waals surface area contributed by atoms with Crippen molar-refractivity contribution in [2.75, 3.05) is 0 Å². The van der Waals surface area contributed by atoms with Gasteiger partial charge in [-0.1, -0.05) is 18.2 Å². The molecule has 98 valence electrons. The van der Waals surface area contributed by atoms with Gasteiger partial charge in [0.25, 0.3) is 0 Å². The van der Waals surface area contributed by atoms with E-state index in [0.717, 1.165) is 24.1 Å². The summed E-state index contributed by atoms with van der Waals surface area (Å²) in [6.07, 6.45) is -2.57. The maximum absolute atomic E-state index is 12.4. The van der Waals surface area contributed by atoms with Crippen molar-refractivity contribution in [2.45, 2.75) is 13.1 Å². The van der Waals surface area contributed by atoms with Gasteiger partial charge in [-0.3, -0.25) is 9.78 Å². The number of nitrogens with zero attached hydrogens (tertiary/aromatic N) is 1. The number of aromatic nitrogens is 1. The molecule has 2 aromatic rings. The standard InChI is InChI=1S/C14H10F3NO/c1-9-2-3-10(6-12(9)8-19)11-4-5-13(18-7-11)14(15,16)17/h2-8H,1H3. The molecule has 0 spiro atoms. The van der Waals surface area contributed by atoms with Crippen LogP contribution < -0.4 is 0 Å². The molecule has 2 nitrogen and oxygen atoms in total. The largest absolute Gasteiger partial charge is 0.433 e. The zero-order valence-corrected chi connectivity index (χ0v) is 10.0. The molecule has 1 aromatic carbocycles. The molecule has 5 heteroatoms. The van der Waals surface area contributed by atoms with Gasteiger partial charge in [0, 0.05) is 17.3 Å². The molecule has 0 N–H and O–H groups in total. The highest BCUT2D eigenvalue weighted by Crippen LogP contribution is 2.29. The van der Waals surface area contributed by atoms with Crippen LogP contribution in [-0.2, 0) is 6.18 Å². The number of alkyl halides is 3. The van der Waals surface area contributed by atoms with Gasteiger partial charge in [0.15, 0.2) is 0 Å². The van der Waals surface area contributed by atoms with Crippen molar-refractivity contribution in [3.8, 4) is 11.1 Å². The molecule has 0 radical (unpaired) electrons. The quantitative estimate of drug-likeness (QED) is 0.771. The summed E-state index contributed by atoms with van der Waals surface area (Å²) in [5.41, 5.74) is 1.60. The van der Waals surface area contributed by atoms with Gasteiger partial charge in [-0.15, -0.1) is 0 Å². The summed E-state index contributed by atoms with van der Waals surface area (Å²) < 4.78 is 37.2. The average Bonchev–Trinajstić information content (AvgIpc) is 2.38. The van der Waals surface area contributed by atoms with Crippen LogP contribution in [0.4, 0.5) is 13.2 Å². The van der Waals surface area contributed by atoms with E-state index in [9.17, 15) is 18.0 Å². The molecule has 0 aliphatic rings. The first-order valence-corrected chi connectivity index (χ1v) is 5.51. The summed E-state index contributed by atoms with van der Waals surface area (Å²) >= 11 is 0. The zero-order chi connectivity index (χ0) is 14.0. The lowest BCUT2D eigenvalue weighted by Crippen LogP contribution is -2.07. The number of hydrogen-bond acceptors (Lipinski definition) is 2. The van der Waals surface area contributed by atoms with E-state index >= 15 is 0 Å². The van der Waals surface area contributed by atoms with Crippen LogP contribution in [0.15, 0.2) is 36.5 Å². The SMILES string of the molecule is Cc1ccc(-c2ccc(C(F)(F)F)nc2)cc1C=O. The van der Waals surface area contributed by atoms with Crippen LogP contribution in [0.25, 0.3) is 11.1 Å². The van der Waals surface area contributed by atoms with Crippen LogP contribution in [0.5, 0.6) is 0 Å². The van der Waals surface area contributed by atoms with Crippen molar-refractivity contribution in [3.63, 3.8) is 0 Å². The zero-order valence-electron chi connectivity index (χ0n) is 10.0. The van der Waals surface area contributed by atoms with Gasteiger partial charge >= 0.3 is 6.18 Å². The molecule has 0 aliphatic carbocycles. The van der Waals surface area contributed by atoms with Crippen molar-refractivity contribution in [3.05, 3.63) is 53.3 Å². The molecule has 0 bridgehead atoms. The van der Waals surface area contributed by atoms with Crippen LogP contribution in [0.1, 0.15) is 21.6 Å². The van der Waals surface area contributed by atoms with E-state index in [1.165, 1.54) is 6.07 Å². The number of carbonyl (C=O) groups is 1. The third-order valence-electron chi connectivity index (χ3n) is 2.79. The van der Waals surface area contributed by atoms with Crippen LogP contribution in [0, 0.1) is 6.92 Å². The number of aldehydes is 1. The normalized spacial score (nSPS) is 11.4. The number of carbonyl (C=O) groups excluding carboxylic acids is 1. The first kappa shape index (κ1) is 13.3. The molecule has 0 fully saturated rings. The minimum atomic E-state index is -4.44. The maximum Gasteiger partial charge on any atom is 0.433 e. The van der Waals surface area contributed by atoms with E-state index in [1.54, 1.807) is 25.1 Å². The fourth-order valence-corrected chi connectivity index (χ4v) is 1.68. The topological polar surface area (TPSA) is 30.0 Å². The van der Waals surface area contributed by atoms with Gasteiger partial charge in [-0.05, 0) is 30.2 Å². The number of hydrogen-bond donors (Lipinski definition) is 0. The fraction of sp³-hybridized carbons (Fsp3) is 0.143. The second kappa shape index (κ2) is 4.84. The summed E-state index contributed by atoms with van der Waals surface area (Å²) in [5, 5.41) is 0. The van der Waals surface area contributed by atoms with E-state index in [2.05, 4.69) is 4.98 Å². The van der Waals surface area contributed by atoms with Gasteiger partial charge in [0.2, 0.25) is 0 Å². The fourth-order valence-electron chi connectivity index (χ4n) is 1.68. The van der Waals surface area contributed by atoms with E-state index in [0.29, 0.717) is 16.7 Å². The number of benzene rings is 1. The van der Waals surface area contributed by atoms with Crippen molar-refractivity contribution in [1.82, 2.24) is 4.98 Å². The first-order chi connectivity index (χ1) is 8.91. The highest BCUT2D eigenvalue weighted by atomic mass is 19.4. The molecule has 0 amide bonds. The molecule has 0 unspecified atom stereocenters. The van der Waals surface area contributed by atoms with Crippen molar-refractivity contribution < 1.29 is 18.0 Å². The number of halogens is 3. The summed E-state index contributed by atoms with van der Waals surface area (Å²) in [7, 11) is 0. The van der Waals surface area contributed by atoms with E-state index in [1.807, 2.05) is 0 Å². The van der Waals surface area contributed by atoms with E-state index in [-0.39, 0.29) is 0 Å². The Balaban J connectivity index is 2.40. The minimum Gasteiger partial charge on any atom is -0.298 e. The molecule has 0 atom stereocenters.